The van der Waals surface area contributed by atoms with Crippen LogP contribution in [-0.4, -0.2) is 45.7 Å². The highest BCUT2D eigenvalue weighted by atomic mass is 16.5. The molecule has 33 heavy (non-hydrogen) atoms. The molecule has 4 heterocycles. The molecule has 0 saturated carbocycles. The maximum absolute atomic E-state index is 12.7. The maximum atomic E-state index is 12.7. The van der Waals surface area contributed by atoms with Crippen molar-refractivity contribution < 1.29 is 9.47 Å². The number of aromatic nitrogens is 3. The minimum atomic E-state index is -0.164. The standard InChI is InChI=1S/C26H26N4O3/c31-26-18-23(33-19-21-5-1-2-11-27-21)10-14-30(26)22-7-8-24-20(17-22)6-9-25(28-24)32-16-15-29-12-3-4-13-29/h1-2,5-11,14,17-18H,3-4,12-13,15-16,19H2. The predicted molar refractivity (Wildman–Crippen MR) is 127 cm³/mol. The normalized spacial score (nSPS) is 13.9. The van der Waals surface area contributed by atoms with Crippen LogP contribution in [0.3, 0.4) is 0 Å². The van der Waals surface area contributed by atoms with Gasteiger partial charge < -0.3 is 9.47 Å². The molecule has 0 amide bonds. The Morgan fingerprint density at radius 1 is 0.939 bits per heavy atom. The van der Waals surface area contributed by atoms with Crippen molar-refractivity contribution in [3.63, 3.8) is 0 Å². The van der Waals surface area contributed by atoms with E-state index in [2.05, 4.69) is 14.9 Å². The average molecular weight is 443 g/mol. The minimum absolute atomic E-state index is 0.164. The fourth-order valence-corrected chi connectivity index (χ4v) is 4.01. The largest absolute Gasteiger partial charge is 0.487 e. The van der Waals surface area contributed by atoms with Gasteiger partial charge in [-0.05, 0) is 68.4 Å². The van der Waals surface area contributed by atoms with Gasteiger partial charge in [-0.1, -0.05) is 6.07 Å². The van der Waals surface area contributed by atoms with Gasteiger partial charge in [0.15, 0.2) is 0 Å². The number of benzene rings is 1. The third kappa shape index (κ3) is 5.21. The van der Waals surface area contributed by atoms with E-state index in [-0.39, 0.29) is 5.56 Å². The summed E-state index contributed by atoms with van der Waals surface area (Å²) in [6.07, 6.45) is 6.00. The van der Waals surface area contributed by atoms with Gasteiger partial charge in [0, 0.05) is 42.1 Å². The first kappa shape index (κ1) is 21.2. The number of ether oxygens (including phenoxy) is 2. The quantitative estimate of drug-likeness (QED) is 0.413. The van der Waals surface area contributed by atoms with Crippen LogP contribution < -0.4 is 15.0 Å². The second-order valence-electron chi connectivity index (χ2n) is 8.10. The minimum Gasteiger partial charge on any atom is -0.487 e. The van der Waals surface area contributed by atoms with E-state index >= 15 is 0 Å². The summed E-state index contributed by atoms with van der Waals surface area (Å²) in [5, 5.41) is 0.946. The Kier molecular flexibility index (Phi) is 6.30. The molecule has 1 fully saturated rings. The van der Waals surface area contributed by atoms with Crippen molar-refractivity contribution in [3.8, 4) is 17.3 Å². The molecule has 0 radical (unpaired) electrons. The molecular formula is C26H26N4O3. The second-order valence-corrected chi connectivity index (χ2v) is 8.10. The molecule has 1 aromatic carbocycles. The number of fused-ring (bicyclic) bond motifs is 1. The number of hydrogen-bond acceptors (Lipinski definition) is 6. The van der Waals surface area contributed by atoms with Crippen molar-refractivity contribution in [2.24, 2.45) is 0 Å². The Labute approximate surface area is 192 Å². The molecule has 0 atom stereocenters. The molecule has 1 saturated heterocycles. The molecule has 4 aromatic rings. The van der Waals surface area contributed by atoms with Gasteiger partial charge in [-0.25, -0.2) is 4.98 Å². The summed E-state index contributed by atoms with van der Waals surface area (Å²) in [5.74, 6) is 1.14. The van der Waals surface area contributed by atoms with E-state index in [4.69, 9.17) is 9.47 Å². The average Bonchev–Trinajstić information content (AvgIpc) is 3.37. The highest BCUT2D eigenvalue weighted by molar-refractivity contribution is 5.81. The van der Waals surface area contributed by atoms with Crippen LogP contribution >= 0.6 is 0 Å². The molecule has 168 valence electrons. The van der Waals surface area contributed by atoms with Crippen LogP contribution in [0, 0.1) is 0 Å². The molecule has 7 nitrogen and oxygen atoms in total. The van der Waals surface area contributed by atoms with E-state index in [0.717, 1.165) is 41.9 Å². The number of likely N-dealkylation sites (tertiary alicyclic amines) is 1. The van der Waals surface area contributed by atoms with Gasteiger partial charge in [-0.15, -0.1) is 0 Å². The molecule has 3 aromatic heterocycles. The van der Waals surface area contributed by atoms with Crippen molar-refractivity contribution in [1.29, 1.82) is 0 Å². The zero-order valence-corrected chi connectivity index (χ0v) is 18.4. The van der Waals surface area contributed by atoms with Crippen LogP contribution in [0.5, 0.6) is 11.6 Å². The van der Waals surface area contributed by atoms with Crippen LogP contribution in [0.2, 0.25) is 0 Å². The monoisotopic (exact) mass is 442 g/mol. The number of hydrogen-bond donors (Lipinski definition) is 0. The Hall–Kier alpha value is -3.71. The highest BCUT2D eigenvalue weighted by Crippen LogP contribution is 2.20. The van der Waals surface area contributed by atoms with E-state index in [0.29, 0.717) is 24.8 Å². The molecule has 5 rings (SSSR count). The van der Waals surface area contributed by atoms with E-state index in [1.807, 2.05) is 48.5 Å². The number of nitrogens with zero attached hydrogens (tertiary/aromatic N) is 4. The third-order valence-corrected chi connectivity index (χ3v) is 5.79. The lowest BCUT2D eigenvalue weighted by Gasteiger charge is -2.14. The topological polar surface area (TPSA) is 69.5 Å². The van der Waals surface area contributed by atoms with Crippen LogP contribution in [0.4, 0.5) is 0 Å². The third-order valence-electron chi connectivity index (χ3n) is 5.79. The first-order chi connectivity index (χ1) is 16.2. The van der Waals surface area contributed by atoms with Crippen molar-refractivity contribution >= 4 is 10.9 Å². The van der Waals surface area contributed by atoms with Gasteiger partial charge in [0.1, 0.15) is 19.0 Å². The van der Waals surface area contributed by atoms with E-state index in [9.17, 15) is 4.79 Å². The first-order valence-corrected chi connectivity index (χ1v) is 11.3. The molecule has 0 aliphatic carbocycles. The lowest BCUT2D eigenvalue weighted by atomic mass is 10.2. The summed E-state index contributed by atoms with van der Waals surface area (Å²) >= 11 is 0. The Morgan fingerprint density at radius 2 is 1.85 bits per heavy atom. The zero-order chi connectivity index (χ0) is 22.5. The van der Waals surface area contributed by atoms with Crippen LogP contribution in [0.25, 0.3) is 16.6 Å². The molecule has 0 N–H and O–H groups in total. The molecule has 0 spiro atoms. The predicted octanol–water partition coefficient (Wildman–Crippen LogP) is 3.83. The smallest absolute Gasteiger partial charge is 0.258 e. The lowest BCUT2D eigenvalue weighted by molar-refractivity contribution is 0.232. The van der Waals surface area contributed by atoms with Gasteiger partial charge in [0.2, 0.25) is 5.88 Å². The molecular weight excluding hydrogens is 416 g/mol. The Balaban J connectivity index is 1.26. The lowest BCUT2D eigenvalue weighted by Crippen LogP contribution is -2.25. The van der Waals surface area contributed by atoms with Gasteiger partial charge >= 0.3 is 0 Å². The molecule has 0 unspecified atom stereocenters. The van der Waals surface area contributed by atoms with Gasteiger partial charge in [0.25, 0.3) is 5.56 Å². The summed E-state index contributed by atoms with van der Waals surface area (Å²) in [6.45, 7) is 4.21. The summed E-state index contributed by atoms with van der Waals surface area (Å²) in [6, 6.07) is 18.5. The fourth-order valence-electron chi connectivity index (χ4n) is 4.01. The zero-order valence-electron chi connectivity index (χ0n) is 18.4. The second kappa shape index (κ2) is 9.83. The summed E-state index contributed by atoms with van der Waals surface area (Å²) in [4.78, 5) is 23.9. The van der Waals surface area contributed by atoms with Crippen molar-refractivity contribution in [2.45, 2.75) is 19.4 Å². The Morgan fingerprint density at radius 3 is 2.67 bits per heavy atom. The van der Waals surface area contributed by atoms with Crippen LogP contribution in [-0.2, 0) is 6.61 Å². The van der Waals surface area contributed by atoms with E-state index < -0.39 is 0 Å². The highest BCUT2D eigenvalue weighted by Gasteiger charge is 2.11. The van der Waals surface area contributed by atoms with Crippen LogP contribution in [0.1, 0.15) is 18.5 Å². The van der Waals surface area contributed by atoms with Crippen molar-refractivity contribution in [1.82, 2.24) is 19.4 Å². The van der Waals surface area contributed by atoms with Crippen molar-refractivity contribution in [3.05, 3.63) is 89.1 Å². The molecule has 7 heteroatoms. The number of pyridine rings is 3. The SMILES string of the molecule is O=c1cc(OCc2ccccn2)ccn1-c1ccc2nc(OCCN3CCCC3)ccc2c1. The van der Waals surface area contributed by atoms with E-state index in [1.165, 1.54) is 18.9 Å². The van der Waals surface area contributed by atoms with Crippen molar-refractivity contribution in [2.75, 3.05) is 26.2 Å². The van der Waals surface area contributed by atoms with Crippen LogP contribution in [0.15, 0.2) is 77.9 Å². The molecule has 1 aliphatic heterocycles. The van der Waals surface area contributed by atoms with Gasteiger partial charge in [0.05, 0.1) is 11.2 Å². The number of rotatable bonds is 8. The molecule has 1 aliphatic rings. The maximum Gasteiger partial charge on any atom is 0.258 e. The Bertz CT molecular complexity index is 1280. The van der Waals surface area contributed by atoms with Gasteiger partial charge in [-0.3, -0.25) is 19.2 Å². The fraction of sp³-hybridized carbons (Fsp3) is 0.269. The summed E-state index contributed by atoms with van der Waals surface area (Å²) in [5.41, 5.74) is 2.25. The molecule has 0 bridgehead atoms. The van der Waals surface area contributed by atoms with E-state index in [1.54, 1.807) is 23.0 Å². The summed E-state index contributed by atoms with van der Waals surface area (Å²) < 4.78 is 13.2. The van der Waals surface area contributed by atoms with Gasteiger partial charge in [-0.2, -0.15) is 0 Å². The first-order valence-electron chi connectivity index (χ1n) is 11.3. The summed E-state index contributed by atoms with van der Waals surface area (Å²) in [7, 11) is 0.